The van der Waals surface area contributed by atoms with Crippen LogP contribution in [0.2, 0.25) is 0 Å². The monoisotopic (exact) mass is 329 g/mol. The van der Waals surface area contributed by atoms with Gasteiger partial charge in [0.2, 0.25) is 5.75 Å². The van der Waals surface area contributed by atoms with Gasteiger partial charge in [0.1, 0.15) is 0 Å². The third-order valence-corrected chi connectivity index (χ3v) is 2.99. The number of phenolic OH excluding ortho intramolecular Hbond substituents is 1. The predicted octanol–water partition coefficient (Wildman–Crippen LogP) is 2.46. The van der Waals surface area contributed by atoms with Crippen LogP contribution < -0.4 is 10.2 Å². The molecule has 2 N–H and O–H groups in total. The van der Waals surface area contributed by atoms with Crippen LogP contribution in [0.25, 0.3) is 0 Å². The van der Waals surface area contributed by atoms with Crippen molar-refractivity contribution in [1.82, 2.24) is 5.43 Å². The van der Waals surface area contributed by atoms with Crippen molar-refractivity contribution >= 4 is 17.8 Å². The molecule has 0 heterocycles. The van der Waals surface area contributed by atoms with Crippen molar-refractivity contribution in [3.63, 3.8) is 0 Å². The number of hydrogen-bond donors (Lipinski definition) is 2. The summed E-state index contributed by atoms with van der Waals surface area (Å²) in [5.74, 6) is -0.986. The number of benzene rings is 2. The summed E-state index contributed by atoms with van der Waals surface area (Å²) < 4.78 is 5.16. The zero-order chi connectivity index (χ0) is 17.5. The molecule has 0 unspecified atom stereocenters. The van der Waals surface area contributed by atoms with Gasteiger partial charge in [-0.25, -0.2) is 5.43 Å². The van der Waals surface area contributed by atoms with Gasteiger partial charge < -0.3 is 9.84 Å². The van der Waals surface area contributed by atoms with E-state index in [1.807, 2.05) is 0 Å². The number of hydrogen-bond acceptors (Lipinski definition) is 6. The average Bonchev–Trinajstić information content (AvgIpc) is 2.58. The van der Waals surface area contributed by atoms with E-state index >= 15 is 0 Å². The van der Waals surface area contributed by atoms with Gasteiger partial charge in [-0.3, -0.25) is 14.9 Å². The molecule has 0 aliphatic heterocycles. The van der Waals surface area contributed by atoms with E-state index in [1.54, 1.807) is 37.3 Å². The lowest BCUT2D eigenvalue weighted by molar-refractivity contribution is -0.386. The Labute approximate surface area is 137 Å². The van der Waals surface area contributed by atoms with Crippen LogP contribution in [0, 0.1) is 10.1 Å². The maximum Gasteiger partial charge on any atom is 0.315 e. The number of nitro groups is 1. The number of ether oxygens (including phenoxy) is 1. The number of rotatable bonds is 6. The molecule has 0 aliphatic rings. The highest BCUT2D eigenvalue weighted by molar-refractivity contribution is 5.95. The fourth-order valence-electron chi connectivity index (χ4n) is 1.91. The van der Waals surface area contributed by atoms with E-state index in [-0.39, 0.29) is 12.4 Å². The van der Waals surface area contributed by atoms with Gasteiger partial charge in [0.25, 0.3) is 5.91 Å². The minimum Gasteiger partial charge on any atom is -0.500 e. The van der Waals surface area contributed by atoms with Crippen molar-refractivity contribution in [3.05, 3.63) is 63.7 Å². The molecule has 0 atom stereocenters. The lowest BCUT2D eigenvalue weighted by Gasteiger charge is -2.07. The van der Waals surface area contributed by atoms with Crippen molar-refractivity contribution in [2.75, 3.05) is 6.61 Å². The molecule has 0 radical (unpaired) electrons. The molecule has 0 saturated carbocycles. The maximum absolute atomic E-state index is 11.8. The standard InChI is InChI=1S/C16H15N3O5/c1-2-24-14-9-11(8-13(15(14)20)19(22)23)10-17-18-16(21)12-6-4-3-5-7-12/h3-10,20H,2H2,1H3,(H,18,21)/b17-10-. The van der Waals surface area contributed by atoms with Gasteiger partial charge in [0, 0.05) is 17.2 Å². The summed E-state index contributed by atoms with van der Waals surface area (Å²) in [6.07, 6.45) is 1.23. The van der Waals surface area contributed by atoms with Crippen molar-refractivity contribution in [2.24, 2.45) is 5.10 Å². The largest absolute Gasteiger partial charge is 0.500 e. The third kappa shape index (κ3) is 4.07. The summed E-state index contributed by atoms with van der Waals surface area (Å²) in [6, 6.07) is 11.0. The van der Waals surface area contributed by atoms with Crippen LogP contribution in [-0.4, -0.2) is 28.8 Å². The van der Waals surface area contributed by atoms with Gasteiger partial charge in [0.05, 0.1) is 17.7 Å². The Balaban J connectivity index is 2.19. The second-order valence-electron chi connectivity index (χ2n) is 4.64. The Hall–Kier alpha value is -3.42. The molecule has 2 aromatic rings. The topological polar surface area (TPSA) is 114 Å². The second kappa shape index (κ2) is 7.73. The number of aromatic hydroxyl groups is 1. The molecule has 0 aliphatic carbocycles. The van der Waals surface area contributed by atoms with Crippen LogP contribution in [0.5, 0.6) is 11.5 Å². The fraction of sp³-hybridized carbons (Fsp3) is 0.125. The van der Waals surface area contributed by atoms with Crippen molar-refractivity contribution in [3.8, 4) is 11.5 Å². The highest BCUT2D eigenvalue weighted by Crippen LogP contribution is 2.36. The zero-order valence-electron chi connectivity index (χ0n) is 12.8. The van der Waals surface area contributed by atoms with E-state index in [0.717, 1.165) is 6.07 Å². The van der Waals surface area contributed by atoms with Gasteiger partial charge in [0.15, 0.2) is 5.75 Å². The predicted molar refractivity (Wildman–Crippen MR) is 87.4 cm³/mol. The summed E-state index contributed by atoms with van der Waals surface area (Å²) >= 11 is 0. The Morgan fingerprint density at radius 3 is 2.71 bits per heavy atom. The van der Waals surface area contributed by atoms with Crippen molar-refractivity contribution in [1.29, 1.82) is 0 Å². The molecule has 0 spiro atoms. The molecule has 2 rings (SSSR count). The number of carbonyl (C=O) groups excluding carboxylic acids is 1. The van der Waals surface area contributed by atoms with Crippen LogP contribution in [0.15, 0.2) is 47.6 Å². The Morgan fingerprint density at radius 2 is 2.08 bits per heavy atom. The molecule has 124 valence electrons. The highest BCUT2D eigenvalue weighted by Gasteiger charge is 2.19. The Bertz CT molecular complexity index is 775. The smallest absolute Gasteiger partial charge is 0.315 e. The minimum absolute atomic E-state index is 0.0254. The van der Waals surface area contributed by atoms with E-state index in [1.165, 1.54) is 12.3 Å². The summed E-state index contributed by atoms with van der Waals surface area (Å²) in [5.41, 5.74) is 2.55. The fourth-order valence-corrected chi connectivity index (χ4v) is 1.91. The van der Waals surface area contributed by atoms with E-state index in [9.17, 15) is 20.0 Å². The lowest BCUT2D eigenvalue weighted by atomic mass is 10.2. The van der Waals surface area contributed by atoms with Crippen LogP contribution in [-0.2, 0) is 0 Å². The summed E-state index contributed by atoms with van der Waals surface area (Å²) in [4.78, 5) is 22.1. The van der Waals surface area contributed by atoms with Gasteiger partial charge in [-0.2, -0.15) is 5.10 Å². The number of phenols is 1. The van der Waals surface area contributed by atoms with Gasteiger partial charge in [-0.1, -0.05) is 18.2 Å². The van der Waals surface area contributed by atoms with Crippen LogP contribution in [0.3, 0.4) is 0 Å². The minimum atomic E-state index is -0.724. The van der Waals surface area contributed by atoms with Gasteiger partial charge >= 0.3 is 5.69 Å². The summed E-state index contributed by atoms with van der Waals surface area (Å²) in [7, 11) is 0. The van der Waals surface area contributed by atoms with Crippen LogP contribution >= 0.6 is 0 Å². The SMILES string of the molecule is CCOc1cc(/C=N\NC(=O)c2ccccc2)cc([N+](=O)[O-])c1O. The normalized spacial score (nSPS) is 10.5. The molecule has 8 nitrogen and oxygen atoms in total. The number of hydrazone groups is 1. The number of amides is 1. The third-order valence-electron chi connectivity index (χ3n) is 2.99. The molecule has 0 saturated heterocycles. The Morgan fingerprint density at radius 1 is 1.38 bits per heavy atom. The first-order valence-electron chi connectivity index (χ1n) is 7.05. The average molecular weight is 329 g/mol. The molecular formula is C16H15N3O5. The van der Waals surface area contributed by atoms with Crippen molar-refractivity contribution < 1.29 is 19.6 Å². The number of nitrogens with one attached hydrogen (secondary N) is 1. The number of nitrogens with zero attached hydrogens (tertiary/aromatic N) is 2. The molecule has 0 fully saturated rings. The molecule has 1 amide bonds. The molecule has 24 heavy (non-hydrogen) atoms. The lowest BCUT2D eigenvalue weighted by Crippen LogP contribution is -2.17. The molecule has 8 heteroatoms. The zero-order valence-corrected chi connectivity index (χ0v) is 12.8. The van der Waals surface area contributed by atoms with E-state index in [2.05, 4.69) is 10.5 Å². The highest BCUT2D eigenvalue weighted by atomic mass is 16.6. The first-order valence-corrected chi connectivity index (χ1v) is 7.05. The molecule has 0 aromatic heterocycles. The quantitative estimate of drug-likeness (QED) is 0.480. The molecule has 0 bridgehead atoms. The van der Waals surface area contributed by atoms with Gasteiger partial charge in [-0.05, 0) is 25.1 Å². The summed E-state index contributed by atoms with van der Waals surface area (Å²) in [6.45, 7) is 1.92. The number of nitro benzene ring substituents is 1. The summed E-state index contributed by atoms with van der Waals surface area (Å²) in [5, 5.41) is 24.5. The van der Waals surface area contributed by atoms with E-state index < -0.39 is 22.3 Å². The van der Waals surface area contributed by atoms with E-state index in [4.69, 9.17) is 4.74 Å². The molecular weight excluding hydrogens is 314 g/mol. The molecule has 2 aromatic carbocycles. The van der Waals surface area contributed by atoms with Gasteiger partial charge in [-0.15, -0.1) is 0 Å². The van der Waals surface area contributed by atoms with Crippen molar-refractivity contribution in [2.45, 2.75) is 6.92 Å². The second-order valence-corrected chi connectivity index (χ2v) is 4.64. The Kier molecular flexibility index (Phi) is 5.45. The maximum atomic E-state index is 11.8. The van der Waals surface area contributed by atoms with Crippen LogP contribution in [0.1, 0.15) is 22.8 Å². The van der Waals surface area contributed by atoms with E-state index in [0.29, 0.717) is 11.1 Å². The number of carbonyl (C=O) groups is 1. The first-order chi connectivity index (χ1) is 11.5. The first kappa shape index (κ1) is 16.9. The van der Waals surface area contributed by atoms with Crippen LogP contribution in [0.4, 0.5) is 5.69 Å².